The molecule has 1 aromatic rings. The maximum absolute atomic E-state index is 12.5. The molecule has 1 aromatic carbocycles. The third kappa shape index (κ3) is 2.52. The number of benzene rings is 1. The van der Waals surface area contributed by atoms with Crippen LogP contribution in [0.5, 0.6) is 0 Å². The van der Waals surface area contributed by atoms with Gasteiger partial charge in [-0.1, -0.05) is 37.6 Å². The van der Waals surface area contributed by atoms with Crippen molar-refractivity contribution in [1.29, 1.82) is 0 Å². The Kier molecular flexibility index (Phi) is 3.78. The highest BCUT2D eigenvalue weighted by molar-refractivity contribution is 6.31. The Morgan fingerprint density at radius 2 is 1.95 bits per heavy atom. The summed E-state index contributed by atoms with van der Waals surface area (Å²) in [6.07, 6.45) is -0.983. The molecular weight excluding hydrogens is 278 g/mol. The van der Waals surface area contributed by atoms with Crippen LogP contribution in [0.15, 0.2) is 18.2 Å². The molecule has 0 aliphatic carbocycles. The lowest BCUT2D eigenvalue weighted by molar-refractivity contribution is 0.0237. The van der Waals surface area contributed by atoms with E-state index in [1.807, 2.05) is 19.9 Å². The Balaban J connectivity index is 2.19. The van der Waals surface area contributed by atoms with Gasteiger partial charge < -0.3 is 10.0 Å². The van der Waals surface area contributed by atoms with E-state index < -0.39 is 11.5 Å². The number of likely N-dealkylation sites (tertiary alicyclic amines) is 1. The van der Waals surface area contributed by atoms with Gasteiger partial charge >= 0.3 is 6.09 Å². The van der Waals surface area contributed by atoms with Crippen molar-refractivity contribution < 1.29 is 14.7 Å². The van der Waals surface area contributed by atoms with Crippen molar-refractivity contribution in [2.45, 2.75) is 26.7 Å². The molecule has 0 saturated carbocycles. The third-order valence-electron chi connectivity index (χ3n) is 3.78. The molecule has 0 aromatic heterocycles. The summed E-state index contributed by atoms with van der Waals surface area (Å²) in [6, 6.07) is 5.34. The fourth-order valence-electron chi connectivity index (χ4n) is 2.56. The summed E-state index contributed by atoms with van der Waals surface area (Å²) in [4.78, 5) is 24.5. The molecule has 1 amide bonds. The van der Waals surface area contributed by atoms with E-state index in [1.165, 1.54) is 4.90 Å². The summed E-state index contributed by atoms with van der Waals surface area (Å²) in [5.41, 5.74) is 0.919. The van der Waals surface area contributed by atoms with E-state index >= 15 is 0 Å². The fraction of sp³-hybridized carbons (Fsp3) is 0.467. The van der Waals surface area contributed by atoms with Crippen LogP contribution in [0.25, 0.3) is 0 Å². The number of Topliss-reactive ketones (excluding diaryl/α,β-unsaturated/α-hetero) is 1. The minimum atomic E-state index is -0.983. The first-order valence-corrected chi connectivity index (χ1v) is 6.94. The van der Waals surface area contributed by atoms with Gasteiger partial charge in [0.2, 0.25) is 0 Å². The molecule has 2 rings (SSSR count). The van der Waals surface area contributed by atoms with Crippen LogP contribution in [0.4, 0.5) is 4.79 Å². The number of carbonyl (C=O) groups excluding carboxylic acids is 1. The number of hydrogen-bond donors (Lipinski definition) is 1. The molecule has 5 heteroatoms. The maximum Gasteiger partial charge on any atom is 0.407 e. The summed E-state index contributed by atoms with van der Waals surface area (Å²) in [5, 5.41) is 9.44. The molecule has 108 valence electrons. The van der Waals surface area contributed by atoms with Crippen molar-refractivity contribution in [2.24, 2.45) is 5.41 Å². The van der Waals surface area contributed by atoms with Gasteiger partial charge in [-0.15, -0.1) is 0 Å². The van der Waals surface area contributed by atoms with E-state index in [2.05, 4.69) is 0 Å². The zero-order valence-corrected chi connectivity index (χ0v) is 12.6. The molecule has 20 heavy (non-hydrogen) atoms. The molecular formula is C15H18ClNO3. The van der Waals surface area contributed by atoms with Crippen LogP contribution >= 0.6 is 11.6 Å². The van der Waals surface area contributed by atoms with Crippen LogP contribution < -0.4 is 0 Å². The Hall–Kier alpha value is -1.55. The fourth-order valence-corrected chi connectivity index (χ4v) is 2.96. The molecule has 1 fully saturated rings. The normalized spacial score (nSPS) is 16.9. The highest BCUT2D eigenvalue weighted by Crippen LogP contribution is 2.35. The first kappa shape index (κ1) is 14.9. The molecule has 1 aliphatic heterocycles. The van der Waals surface area contributed by atoms with Crippen LogP contribution in [-0.4, -0.2) is 35.0 Å². The third-order valence-corrected chi connectivity index (χ3v) is 4.11. The Bertz CT molecular complexity index is 562. The first-order chi connectivity index (χ1) is 9.24. The van der Waals surface area contributed by atoms with E-state index in [4.69, 9.17) is 16.7 Å². The number of ketones is 1. The second-order valence-electron chi connectivity index (χ2n) is 5.92. The molecule has 1 aliphatic rings. The smallest absolute Gasteiger partial charge is 0.407 e. The molecule has 1 heterocycles. The maximum atomic E-state index is 12.5. The van der Waals surface area contributed by atoms with Gasteiger partial charge in [0, 0.05) is 23.7 Å². The highest BCUT2D eigenvalue weighted by Gasteiger charge is 2.47. The average molecular weight is 296 g/mol. The summed E-state index contributed by atoms with van der Waals surface area (Å²) >= 11 is 6.20. The quantitative estimate of drug-likeness (QED) is 0.866. The van der Waals surface area contributed by atoms with E-state index in [-0.39, 0.29) is 18.9 Å². The van der Waals surface area contributed by atoms with Gasteiger partial charge in [-0.3, -0.25) is 4.79 Å². The van der Waals surface area contributed by atoms with E-state index in [1.54, 1.807) is 19.1 Å². The molecule has 1 saturated heterocycles. The lowest BCUT2D eigenvalue weighted by Gasteiger charge is -2.45. The predicted molar refractivity (Wildman–Crippen MR) is 77.6 cm³/mol. The molecule has 0 atom stereocenters. The van der Waals surface area contributed by atoms with Gasteiger partial charge in [-0.25, -0.2) is 4.79 Å². The van der Waals surface area contributed by atoms with E-state index in [0.29, 0.717) is 16.5 Å². The van der Waals surface area contributed by atoms with Crippen LogP contribution in [0, 0.1) is 5.41 Å². The molecule has 4 nitrogen and oxygen atoms in total. The minimum Gasteiger partial charge on any atom is -0.465 e. The number of amides is 1. The largest absolute Gasteiger partial charge is 0.465 e. The van der Waals surface area contributed by atoms with Crippen molar-refractivity contribution in [1.82, 2.24) is 4.90 Å². The number of carboxylic acid groups (broad SMARTS) is 1. The van der Waals surface area contributed by atoms with Crippen molar-refractivity contribution in [3.8, 4) is 0 Å². The van der Waals surface area contributed by atoms with Gasteiger partial charge in [0.05, 0.1) is 5.41 Å². The summed E-state index contributed by atoms with van der Waals surface area (Å²) in [7, 11) is 0. The van der Waals surface area contributed by atoms with E-state index in [0.717, 1.165) is 5.56 Å². The topological polar surface area (TPSA) is 57.6 Å². The SMILES string of the molecule is CC(C)c1ccc(C(=O)C2(C)CN(C(=O)O)C2)cc1Cl. The zero-order valence-electron chi connectivity index (χ0n) is 11.8. The summed E-state index contributed by atoms with van der Waals surface area (Å²) in [6.45, 7) is 6.36. The van der Waals surface area contributed by atoms with Crippen molar-refractivity contribution in [2.75, 3.05) is 13.1 Å². The van der Waals surface area contributed by atoms with Crippen molar-refractivity contribution in [3.05, 3.63) is 34.3 Å². The van der Waals surface area contributed by atoms with Crippen molar-refractivity contribution in [3.63, 3.8) is 0 Å². The minimum absolute atomic E-state index is 0.0489. The van der Waals surface area contributed by atoms with E-state index in [9.17, 15) is 9.59 Å². The molecule has 1 N–H and O–H groups in total. The number of carbonyl (C=O) groups is 2. The lowest BCUT2D eigenvalue weighted by Crippen LogP contribution is -2.60. The van der Waals surface area contributed by atoms with Gasteiger partial charge in [-0.05, 0) is 24.5 Å². The Morgan fingerprint density at radius 1 is 1.35 bits per heavy atom. The second kappa shape index (κ2) is 5.09. The van der Waals surface area contributed by atoms with Crippen LogP contribution in [-0.2, 0) is 0 Å². The summed E-state index contributed by atoms with van der Waals surface area (Å²) in [5.74, 6) is 0.251. The number of rotatable bonds is 3. The standard InChI is InChI=1S/C15H18ClNO3/c1-9(2)11-5-4-10(6-12(11)16)13(18)15(3)7-17(8-15)14(19)20/h4-6,9H,7-8H2,1-3H3,(H,19,20). The van der Waals surface area contributed by atoms with Crippen LogP contribution in [0.2, 0.25) is 5.02 Å². The molecule has 0 bridgehead atoms. The Labute approximate surface area is 123 Å². The highest BCUT2D eigenvalue weighted by atomic mass is 35.5. The number of hydrogen-bond acceptors (Lipinski definition) is 2. The number of halogens is 1. The van der Waals surface area contributed by atoms with Crippen LogP contribution in [0.3, 0.4) is 0 Å². The lowest BCUT2D eigenvalue weighted by atomic mass is 9.75. The Morgan fingerprint density at radius 3 is 2.40 bits per heavy atom. The van der Waals surface area contributed by atoms with Gasteiger partial charge in [0.15, 0.2) is 5.78 Å². The average Bonchev–Trinajstić information content (AvgIpc) is 2.33. The van der Waals surface area contributed by atoms with Gasteiger partial charge in [0.25, 0.3) is 0 Å². The summed E-state index contributed by atoms with van der Waals surface area (Å²) < 4.78 is 0. The van der Waals surface area contributed by atoms with Gasteiger partial charge in [-0.2, -0.15) is 0 Å². The number of nitrogens with zero attached hydrogens (tertiary/aromatic N) is 1. The van der Waals surface area contributed by atoms with Crippen LogP contribution in [0.1, 0.15) is 42.6 Å². The molecule has 0 unspecified atom stereocenters. The molecule has 0 spiro atoms. The first-order valence-electron chi connectivity index (χ1n) is 6.57. The second-order valence-corrected chi connectivity index (χ2v) is 6.33. The zero-order chi connectivity index (χ0) is 15.1. The van der Waals surface area contributed by atoms with Crippen molar-refractivity contribution >= 4 is 23.5 Å². The molecule has 0 radical (unpaired) electrons. The van der Waals surface area contributed by atoms with Gasteiger partial charge in [0.1, 0.15) is 0 Å². The monoisotopic (exact) mass is 295 g/mol. The predicted octanol–water partition coefficient (Wildman–Crippen LogP) is 3.65.